The number of aliphatic hydroxyl groups is 2. The molecule has 0 bridgehead atoms. The molecule has 8 nitrogen and oxygen atoms in total. The van der Waals surface area contributed by atoms with Crippen LogP contribution in [0.25, 0.3) is 11.0 Å². The van der Waals surface area contributed by atoms with Gasteiger partial charge in [0.2, 0.25) is 0 Å². The molecule has 0 aliphatic carbocycles. The third kappa shape index (κ3) is 2.96. The Morgan fingerprint density at radius 2 is 2.16 bits per heavy atom. The Morgan fingerprint density at radius 1 is 1.32 bits per heavy atom. The smallest absolute Gasteiger partial charge is 0.164 e. The number of aliphatic hydroxyl groups excluding tert-OH is 2. The van der Waals surface area contributed by atoms with E-state index >= 15 is 0 Å². The van der Waals surface area contributed by atoms with Crippen LogP contribution >= 0.6 is 15.9 Å². The minimum absolute atomic E-state index is 0.342. The third-order valence-electron chi connectivity index (χ3n) is 4.81. The van der Waals surface area contributed by atoms with Crippen LogP contribution in [0, 0.1) is 5.92 Å². The highest BCUT2D eigenvalue weighted by Gasteiger charge is 2.43. The molecule has 2 aliphatic heterocycles. The summed E-state index contributed by atoms with van der Waals surface area (Å²) in [5.41, 5.74) is 6.45. The van der Waals surface area contributed by atoms with Crippen molar-refractivity contribution in [3.05, 3.63) is 29.1 Å². The van der Waals surface area contributed by atoms with Gasteiger partial charge in [-0.05, 0) is 34.8 Å². The molecule has 2 aliphatic rings. The quantitative estimate of drug-likeness (QED) is 0.546. The van der Waals surface area contributed by atoms with Crippen molar-refractivity contribution in [1.29, 1.82) is 0 Å². The molecule has 0 saturated carbocycles. The Labute approximate surface area is 152 Å². The first-order valence-corrected chi connectivity index (χ1v) is 9.02. The summed E-state index contributed by atoms with van der Waals surface area (Å²) in [6, 6.07) is 0. The number of halogens is 1. The lowest BCUT2D eigenvalue weighted by Crippen LogP contribution is -2.30. The van der Waals surface area contributed by atoms with Crippen LogP contribution in [0.4, 0.5) is 5.82 Å². The minimum atomic E-state index is -1.07. The van der Waals surface area contributed by atoms with Crippen LogP contribution < -0.4 is 11.1 Å². The monoisotopic (exact) mass is 409 g/mol. The molecule has 5 N–H and O–H groups in total. The molecule has 4 heterocycles. The number of hydrogen-bond donors (Lipinski definition) is 4. The first-order valence-electron chi connectivity index (χ1n) is 8.23. The van der Waals surface area contributed by atoms with Crippen molar-refractivity contribution in [2.45, 2.75) is 31.0 Å². The number of nitrogens with zero attached hydrogens (tertiary/aromatic N) is 3. The molecule has 5 atom stereocenters. The van der Waals surface area contributed by atoms with E-state index in [0.717, 1.165) is 19.5 Å². The zero-order valence-corrected chi connectivity index (χ0v) is 15.0. The largest absolute Gasteiger partial charge is 0.387 e. The highest BCUT2D eigenvalue weighted by atomic mass is 79.9. The number of fused-ring (bicyclic) bond motifs is 1. The number of anilines is 1. The molecule has 0 spiro atoms. The minimum Gasteiger partial charge on any atom is -0.387 e. The van der Waals surface area contributed by atoms with E-state index in [1.807, 2.05) is 12.2 Å². The van der Waals surface area contributed by atoms with Gasteiger partial charge in [0.15, 0.2) is 6.23 Å². The van der Waals surface area contributed by atoms with E-state index in [0.29, 0.717) is 27.2 Å². The lowest BCUT2D eigenvalue weighted by atomic mass is 10.1. The molecule has 134 valence electrons. The molecule has 2 saturated heterocycles. The third-order valence-corrected chi connectivity index (χ3v) is 5.41. The number of nitrogens with two attached hydrogens (primary N) is 1. The standard InChI is InChI=1S/C16H20BrN5O3/c17-9-6-22(15-11(9)14(18)20-7-21-15)16-13(24)12(23)10(25-16)2-1-8-3-4-19-5-8/h1-2,6-8,10,12-13,16,19,23-24H,3-5H2,(H2,18,20,21)/b2-1+/t8?,10-,12-,13-,16-/m1/s1. The van der Waals surface area contributed by atoms with E-state index in [1.165, 1.54) is 6.33 Å². The highest BCUT2D eigenvalue weighted by Crippen LogP contribution is 2.36. The fourth-order valence-corrected chi connectivity index (χ4v) is 4.04. The Kier molecular flexibility index (Phi) is 4.50. The summed E-state index contributed by atoms with van der Waals surface area (Å²) >= 11 is 3.44. The number of hydrogen-bond acceptors (Lipinski definition) is 7. The number of aromatic nitrogens is 3. The van der Waals surface area contributed by atoms with Crippen molar-refractivity contribution < 1.29 is 14.9 Å². The van der Waals surface area contributed by atoms with E-state index in [2.05, 4.69) is 31.2 Å². The second-order valence-electron chi connectivity index (χ2n) is 6.45. The Balaban J connectivity index is 1.62. The van der Waals surface area contributed by atoms with Crippen molar-refractivity contribution >= 4 is 32.8 Å². The van der Waals surface area contributed by atoms with Gasteiger partial charge in [-0.3, -0.25) is 0 Å². The summed E-state index contributed by atoms with van der Waals surface area (Å²) in [4.78, 5) is 8.23. The van der Waals surface area contributed by atoms with Crippen LogP contribution in [0.1, 0.15) is 12.6 Å². The zero-order chi connectivity index (χ0) is 17.6. The van der Waals surface area contributed by atoms with Crippen molar-refractivity contribution in [2.24, 2.45) is 5.92 Å². The summed E-state index contributed by atoms with van der Waals surface area (Å²) < 4.78 is 8.31. The van der Waals surface area contributed by atoms with E-state index in [-0.39, 0.29) is 0 Å². The summed E-state index contributed by atoms with van der Waals surface area (Å²) in [5, 5.41) is 24.8. The normalized spacial score (nSPS) is 33.0. The van der Waals surface area contributed by atoms with Gasteiger partial charge in [0, 0.05) is 17.2 Å². The molecule has 2 fully saturated rings. The van der Waals surface area contributed by atoms with Crippen LogP contribution in [-0.4, -0.2) is 56.1 Å². The second kappa shape index (κ2) is 6.65. The maximum absolute atomic E-state index is 10.5. The SMILES string of the molecule is Nc1ncnc2c1c(Br)cn2[C@@H]1O[C@H](/C=C/C2CCNC2)[C@@H](O)[C@H]1O. The van der Waals surface area contributed by atoms with Gasteiger partial charge in [-0.1, -0.05) is 12.2 Å². The van der Waals surface area contributed by atoms with Crippen molar-refractivity contribution in [3.8, 4) is 0 Å². The first kappa shape index (κ1) is 16.9. The fraction of sp³-hybridized carbons (Fsp3) is 0.500. The summed E-state index contributed by atoms with van der Waals surface area (Å²) in [7, 11) is 0. The molecule has 0 amide bonds. The lowest BCUT2D eigenvalue weighted by molar-refractivity contribution is -0.0242. The highest BCUT2D eigenvalue weighted by molar-refractivity contribution is 9.10. The average Bonchev–Trinajstić information content (AvgIpc) is 3.28. The van der Waals surface area contributed by atoms with Crippen LogP contribution in [-0.2, 0) is 4.74 Å². The predicted molar refractivity (Wildman–Crippen MR) is 95.7 cm³/mol. The maximum atomic E-state index is 10.5. The van der Waals surface area contributed by atoms with Crippen LogP contribution in [0.2, 0.25) is 0 Å². The van der Waals surface area contributed by atoms with Crippen LogP contribution in [0.5, 0.6) is 0 Å². The van der Waals surface area contributed by atoms with E-state index < -0.39 is 24.5 Å². The van der Waals surface area contributed by atoms with Gasteiger partial charge in [-0.2, -0.15) is 0 Å². The first-order chi connectivity index (χ1) is 12.1. The molecule has 2 aromatic rings. The van der Waals surface area contributed by atoms with Crippen LogP contribution in [0.15, 0.2) is 29.1 Å². The Bertz CT molecular complexity index is 804. The summed E-state index contributed by atoms with van der Waals surface area (Å²) in [6.45, 7) is 1.93. The predicted octanol–water partition coefficient (Wildman–Crippen LogP) is 0.561. The molecule has 25 heavy (non-hydrogen) atoms. The van der Waals surface area contributed by atoms with E-state index in [4.69, 9.17) is 10.5 Å². The fourth-order valence-electron chi connectivity index (χ4n) is 3.44. The number of ether oxygens (including phenoxy) is 1. The molecular weight excluding hydrogens is 390 g/mol. The van der Waals surface area contributed by atoms with Gasteiger partial charge < -0.3 is 30.6 Å². The maximum Gasteiger partial charge on any atom is 0.164 e. The Hall–Kier alpha value is -1.52. The topological polar surface area (TPSA) is 118 Å². The molecule has 0 radical (unpaired) electrons. The number of nitrogens with one attached hydrogen (secondary N) is 1. The molecule has 2 aromatic heterocycles. The van der Waals surface area contributed by atoms with Gasteiger partial charge in [0.25, 0.3) is 0 Å². The van der Waals surface area contributed by atoms with Crippen molar-refractivity contribution in [2.75, 3.05) is 18.8 Å². The second-order valence-corrected chi connectivity index (χ2v) is 7.31. The molecule has 4 rings (SSSR count). The van der Waals surface area contributed by atoms with Gasteiger partial charge in [0.1, 0.15) is 36.1 Å². The van der Waals surface area contributed by atoms with Crippen LogP contribution in [0.3, 0.4) is 0 Å². The number of nitrogen functional groups attached to an aromatic ring is 1. The lowest BCUT2D eigenvalue weighted by Gasteiger charge is -2.17. The van der Waals surface area contributed by atoms with E-state index in [9.17, 15) is 10.2 Å². The molecule has 9 heteroatoms. The molecular formula is C16H20BrN5O3. The van der Waals surface area contributed by atoms with Crippen molar-refractivity contribution in [1.82, 2.24) is 19.9 Å². The van der Waals surface area contributed by atoms with E-state index in [1.54, 1.807) is 10.8 Å². The zero-order valence-electron chi connectivity index (χ0n) is 13.4. The summed E-state index contributed by atoms with van der Waals surface area (Å²) in [6.07, 6.45) is 4.65. The summed E-state index contributed by atoms with van der Waals surface area (Å²) in [5.74, 6) is 0.773. The molecule has 0 aromatic carbocycles. The van der Waals surface area contributed by atoms with Gasteiger partial charge in [-0.15, -0.1) is 0 Å². The van der Waals surface area contributed by atoms with Gasteiger partial charge in [-0.25, -0.2) is 9.97 Å². The molecule has 1 unspecified atom stereocenters. The van der Waals surface area contributed by atoms with Gasteiger partial charge in [0.05, 0.1) is 5.39 Å². The van der Waals surface area contributed by atoms with Crippen molar-refractivity contribution in [3.63, 3.8) is 0 Å². The number of rotatable bonds is 3. The Morgan fingerprint density at radius 3 is 2.92 bits per heavy atom. The van der Waals surface area contributed by atoms with Gasteiger partial charge >= 0.3 is 0 Å². The average molecular weight is 410 g/mol.